The zero-order valence-corrected chi connectivity index (χ0v) is 12.1. The van der Waals surface area contributed by atoms with Crippen LogP contribution in [0.4, 0.5) is 4.39 Å². The van der Waals surface area contributed by atoms with Crippen molar-refractivity contribution in [3.63, 3.8) is 0 Å². The third-order valence-electron chi connectivity index (χ3n) is 2.17. The third-order valence-corrected chi connectivity index (χ3v) is 3.29. The lowest BCUT2D eigenvalue weighted by Gasteiger charge is -2.08. The maximum Gasteiger partial charge on any atom is 0.167 e. The summed E-state index contributed by atoms with van der Waals surface area (Å²) in [4.78, 5) is 0. The molecule has 0 aliphatic heterocycles. The normalized spacial score (nSPS) is 9.89. The highest BCUT2D eigenvalue weighted by molar-refractivity contribution is 9.11. The van der Waals surface area contributed by atoms with Crippen molar-refractivity contribution in [3.05, 3.63) is 56.7 Å². The quantitative estimate of drug-likeness (QED) is 0.743. The Labute approximate surface area is 120 Å². The Morgan fingerprint density at radius 2 is 1.78 bits per heavy atom. The van der Waals surface area contributed by atoms with E-state index in [-0.39, 0.29) is 11.3 Å². The molecule has 0 fully saturated rings. The summed E-state index contributed by atoms with van der Waals surface area (Å²) in [5, 5.41) is 8.65. The van der Waals surface area contributed by atoms with Gasteiger partial charge < -0.3 is 4.74 Å². The molecule has 0 N–H and O–H groups in total. The van der Waals surface area contributed by atoms with Crippen molar-refractivity contribution < 1.29 is 9.13 Å². The van der Waals surface area contributed by atoms with Crippen molar-refractivity contribution in [3.8, 4) is 17.6 Å². The lowest BCUT2D eigenvalue weighted by molar-refractivity contribution is 0.440. The average Bonchev–Trinajstić information content (AvgIpc) is 2.34. The zero-order valence-electron chi connectivity index (χ0n) is 8.95. The second-order valence-electron chi connectivity index (χ2n) is 3.43. The molecule has 2 rings (SSSR count). The summed E-state index contributed by atoms with van der Waals surface area (Å²) < 4.78 is 20.7. The van der Waals surface area contributed by atoms with Crippen LogP contribution in [-0.2, 0) is 0 Å². The smallest absolute Gasteiger partial charge is 0.167 e. The number of hydrogen-bond acceptors (Lipinski definition) is 2. The molecule has 0 heterocycles. The predicted octanol–water partition coefficient (Wildman–Crippen LogP) is 5.01. The van der Waals surface area contributed by atoms with Gasteiger partial charge >= 0.3 is 0 Å². The van der Waals surface area contributed by atoms with E-state index in [1.54, 1.807) is 18.2 Å². The molecule has 0 spiro atoms. The molecule has 0 bridgehead atoms. The van der Waals surface area contributed by atoms with Crippen molar-refractivity contribution in [2.75, 3.05) is 0 Å². The Bertz CT molecular complexity index is 637. The van der Waals surface area contributed by atoms with Gasteiger partial charge in [-0.3, -0.25) is 0 Å². The lowest BCUT2D eigenvalue weighted by atomic mass is 10.2. The maximum atomic E-state index is 13.6. The SMILES string of the molecule is N#Cc1ccc(Oc2ccc(Br)cc2Br)c(F)c1. The molecule has 2 nitrogen and oxygen atoms in total. The van der Waals surface area contributed by atoms with E-state index in [0.29, 0.717) is 10.2 Å². The standard InChI is InChI=1S/C13H6Br2FNO/c14-9-2-4-12(10(15)6-9)18-13-3-1-8(7-17)5-11(13)16/h1-6H. The molecule has 18 heavy (non-hydrogen) atoms. The molecule has 2 aromatic rings. The average molecular weight is 371 g/mol. The van der Waals surface area contributed by atoms with Crippen LogP contribution >= 0.6 is 31.9 Å². The molecule has 2 aromatic carbocycles. The monoisotopic (exact) mass is 369 g/mol. The number of rotatable bonds is 2. The predicted molar refractivity (Wildman–Crippen MR) is 73.0 cm³/mol. The van der Waals surface area contributed by atoms with Crippen molar-refractivity contribution in [2.24, 2.45) is 0 Å². The first-order chi connectivity index (χ1) is 8.60. The van der Waals surface area contributed by atoms with Crippen LogP contribution in [0.5, 0.6) is 11.5 Å². The Hall–Kier alpha value is -1.38. The number of ether oxygens (including phenoxy) is 1. The largest absolute Gasteiger partial charge is 0.453 e. The second kappa shape index (κ2) is 5.51. The van der Waals surface area contributed by atoms with Gasteiger partial charge in [0, 0.05) is 4.47 Å². The van der Waals surface area contributed by atoms with Crippen LogP contribution in [0.1, 0.15) is 5.56 Å². The van der Waals surface area contributed by atoms with E-state index < -0.39 is 5.82 Å². The van der Waals surface area contributed by atoms with Crippen molar-refractivity contribution in [1.29, 1.82) is 5.26 Å². The van der Waals surface area contributed by atoms with Crippen molar-refractivity contribution in [2.45, 2.75) is 0 Å². The van der Waals surface area contributed by atoms with Gasteiger partial charge in [-0.25, -0.2) is 4.39 Å². The summed E-state index contributed by atoms with van der Waals surface area (Å²) in [6, 6.07) is 11.3. The highest BCUT2D eigenvalue weighted by atomic mass is 79.9. The maximum absolute atomic E-state index is 13.6. The molecule has 0 unspecified atom stereocenters. The van der Waals surface area contributed by atoms with Crippen molar-refractivity contribution in [1.82, 2.24) is 0 Å². The number of nitrogens with zero attached hydrogens (tertiary/aromatic N) is 1. The molecule has 0 saturated heterocycles. The van der Waals surface area contributed by atoms with Gasteiger partial charge in [-0.2, -0.15) is 5.26 Å². The first-order valence-corrected chi connectivity index (χ1v) is 6.51. The Morgan fingerprint density at radius 1 is 1.06 bits per heavy atom. The fourth-order valence-corrected chi connectivity index (χ4v) is 2.46. The van der Waals surface area contributed by atoms with Crippen LogP contribution in [0.3, 0.4) is 0 Å². The summed E-state index contributed by atoms with van der Waals surface area (Å²) in [7, 11) is 0. The van der Waals surface area contributed by atoms with Crippen LogP contribution in [0.25, 0.3) is 0 Å². The molecule has 0 saturated carbocycles. The minimum absolute atomic E-state index is 0.0806. The third kappa shape index (κ3) is 2.89. The molecular formula is C13H6Br2FNO. The Kier molecular flexibility index (Phi) is 4.00. The fourth-order valence-electron chi connectivity index (χ4n) is 1.33. The first-order valence-electron chi connectivity index (χ1n) is 4.92. The zero-order chi connectivity index (χ0) is 13.1. The molecule has 90 valence electrons. The number of hydrogen-bond donors (Lipinski definition) is 0. The summed E-state index contributed by atoms with van der Waals surface area (Å²) in [6.07, 6.45) is 0. The summed E-state index contributed by atoms with van der Waals surface area (Å²) in [6.45, 7) is 0. The number of benzene rings is 2. The van der Waals surface area contributed by atoms with Crippen LogP contribution in [0, 0.1) is 17.1 Å². The van der Waals surface area contributed by atoms with E-state index in [2.05, 4.69) is 31.9 Å². The van der Waals surface area contributed by atoms with Crippen LogP contribution in [0.2, 0.25) is 0 Å². The van der Waals surface area contributed by atoms with E-state index in [1.165, 1.54) is 12.1 Å². The summed E-state index contributed by atoms with van der Waals surface area (Å²) in [5.41, 5.74) is 0.259. The molecule has 0 aromatic heterocycles. The highest BCUT2D eigenvalue weighted by Gasteiger charge is 2.08. The fraction of sp³-hybridized carbons (Fsp3) is 0. The lowest BCUT2D eigenvalue weighted by Crippen LogP contribution is -1.90. The minimum atomic E-state index is -0.566. The van der Waals surface area contributed by atoms with Crippen LogP contribution < -0.4 is 4.74 Å². The number of nitriles is 1. The van der Waals surface area contributed by atoms with Gasteiger partial charge in [0.1, 0.15) is 5.75 Å². The Balaban J connectivity index is 2.32. The van der Waals surface area contributed by atoms with Gasteiger partial charge in [0.2, 0.25) is 0 Å². The van der Waals surface area contributed by atoms with Gasteiger partial charge in [-0.1, -0.05) is 15.9 Å². The molecule has 0 aliphatic carbocycles. The van der Waals surface area contributed by atoms with E-state index >= 15 is 0 Å². The topological polar surface area (TPSA) is 33.0 Å². The van der Waals surface area contributed by atoms with Crippen LogP contribution in [-0.4, -0.2) is 0 Å². The van der Waals surface area contributed by atoms with E-state index in [9.17, 15) is 4.39 Å². The van der Waals surface area contributed by atoms with Gasteiger partial charge in [0.25, 0.3) is 0 Å². The Morgan fingerprint density at radius 3 is 2.39 bits per heavy atom. The van der Waals surface area contributed by atoms with Gasteiger partial charge in [0.15, 0.2) is 11.6 Å². The van der Waals surface area contributed by atoms with Gasteiger partial charge in [-0.15, -0.1) is 0 Å². The summed E-state index contributed by atoms with van der Waals surface area (Å²) in [5.74, 6) is 0.0164. The minimum Gasteiger partial charge on any atom is -0.453 e. The molecule has 0 amide bonds. The van der Waals surface area contributed by atoms with Crippen molar-refractivity contribution >= 4 is 31.9 Å². The van der Waals surface area contributed by atoms with Gasteiger partial charge in [-0.05, 0) is 52.3 Å². The molecule has 0 radical (unpaired) electrons. The first kappa shape index (κ1) is 13.1. The highest BCUT2D eigenvalue weighted by Crippen LogP contribution is 2.33. The van der Waals surface area contributed by atoms with E-state index in [0.717, 1.165) is 10.5 Å². The molecule has 0 aliphatic rings. The summed E-state index contributed by atoms with van der Waals surface area (Å²) >= 11 is 6.65. The molecule has 0 atom stereocenters. The van der Waals surface area contributed by atoms with E-state index in [4.69, 9.17) is 10.00 Å². The van der Waals surface area contributed by atoms with E-state index in [1.807, 2.05) is 6.07 Å². The molecule has 5 heteroatoms. The molecular weight excluding hydrogens is 365 g/mol. The second-order valence-corrected chi connectivity index (χ2v) is 5.20. The number of halogens is 3. The van der Waals surface area contributed by atoms with Gasteiger partial charge in [0.05, 0.1) is 16.1 Å². The van der Waals surface area contributed by atoms with Crippen LogP contribution in [0.15, 0.2) is 45.3 Å².